The quantitative estimate of drug-likeness (QED) is 0.732. The van der Waals surface area contributed by atoms with Crippen LogP contribution in [-0.2, 0) is 4.79 Å². The van der Waals surface area contributed by atoms with Gasteiger partial charge in [-0.25, -0.2) is 0 Å². The van der Waals surface area contributed by atoms with Gasteiger partial charge >= 0.3 is 0 Å². The summed E-state index contributed by atoms with van der Waals surface area (Å²) in [6.45, 7) is 6.26. The molecule has 1 amide bonds. The average molecular weight is 226 g/mol. The number of rotatable bonds is 4. The second-order valence-corrected chi connectivity index (χ2v) is 5.24. The number of hydrogen-bond acceptors (Lipinski definition) is 2. The van der Waals surface area contributed by atoms with Gasteiger partial charge in [-0.05, 0) is 32.9 Å². The Morgan fingerprint density at radius 1 is 1.44 bits per heavy atom. The van der Waals surface area contributed by atoms with Crippen LogP contribution in [0.2, 0.25) is 0 Å². The summed E-state index contributed by atoms with van der Waals surface area (Å²) in [6, 6.07) is 0.634. The van der Waals surface area contributed by atoms with Gasteiger partial charge in [-0.15, -0.1) is 0 Å². The maximum Gasteiger partial charge on any atom is 0.222 e. The van der Waals surface area contributed by atoms with E-state index in [9.17, 15) is 4.79 Å². The van der Waals surface area contributed by atoms with Crippen LogP contribution in [0.4, 0.5) is 0 Å². The fraction of sp³-hybridized carbons (Fsp3) is 0.923. The van der Waals surface area contributed by atoms with Gasteiger partial charge in [0.05, 0.1) is 0 Å². The normalized spacial score (nSPS) is 26.2. The summed E-state index contributed by atoms with van der Waals surface area (Å²) in [6.07, 6.45) is 3.98. The monoisotopic (exact) mass is 226 g/mol. The average Bonchev–Trinajstić information content (AvgIpc) is 2.25. The van der Waals surface area contributed by atoms with Crippen molar-refractivity contribution in [3.63, 3.8) is 0 Å². The molecule has 16 heavy (non-hydrogen) atoms. The van der Waals surface area contributed by atoms with Crippen molar-refractivity contribution in [3.05, 3.63) is 0 Å². The number of carbonyl (C=O) groups is 1. The van der Waals surface area contributed by atoms with Crippen LogP contribution in [0.5, 0.6) is 0 Å². The first-order valence-corrected chi connectivity index (χ1v) is 6.50. The first-order chi connectivity index (χ1) is 7.56. The van der Waals surface area contributed by atoms with Crippen molar-refractivity contribution in [2.45, 2.75) is 45.6 Å². The summed E-state index contributed by atoms with van der Waals surface area (Å²) in [4.78, 5) is 16.2. The van der Waals surface area contributed by atoms with Crippen LogP contribution >= 0.6 is 0 Å². The molecule has 0 radical (unpaired) electrons. The smallest absolute Gasteiger partial charge is 0.222 e. The minimum Gasteiger partial charge on any atom is -0.342 e. The van der Waals surface area contributed by atoms with E-state index in [0.717, 1.165) is 38.8 Å². The third kappa shape index (κ3) is 3.48. The molecule has 1 aliphatic rings. The van der Waals surface area contributed by atoms with Crippen molar-refractivity contribution < 1.29 is 4.79 Å². The summed E-state index contributed by atoms with van der Waals surface area (Å²) in [5.74, 6) is 0.945. The molecule has 1 aliphatic heterocycles. The van der Waals surface area contributed by atoms with Gasteiger partial charge in [0.1, 0.15) is 0 Å². The lowest BCUT2D eigenvalue weighted by molar-refractivity contribution is -0.133. The van der Waals surface area contributed by atoms with Gasteiger partial charge in [-0.2, -0.15) is 0 Å². The van der Waals surface area contributed by atoms with Crippen molar-refractivity contribution in [1.82, 2.24) is 9.80 Å². The van der Waals surface area contributed by atoms with E-state index in [1.165, 1.54) is 0 Å². The molecule has 0 aromatic carbocycles. The molecule has 3 heteroatoms. The van der Waals surface area contributed by atoms with E-state index >= 15 is 0 Å². The SMILES string of the molecule is CCCCC(=O)N1CCC(N(C)C)C(C)C1. The van der Waals surface area contributed by atoms with Crippen LogP contribution in [-0.4, -0.2) is 48.9 Å². The first-order valence-electron chi connectivity index (χ1n) is 6.50. The third-order valence-corrected chi connectivity index (χ3v) is 3.62. The van der Waals surface area contributed by atoms with Crippen molar-refractivity contribution in [1.29, 1.82) is 0 Å². The Morgan fingerprint density at radius 3 is 2.62 bits per heavy atom. The molecule has 94 valence electrons. The number of piperidine rings is 1. The zero-order valence-electron chi connectivity index (χ0n) is 11.2. The van der Waals surface area contributed by atoms with Crippen LogP contribution in [0, 0.1) is 5.92 Å². The maximum absolute atomic E-state index is 11.9. The van der Waals surface area contributed by atoms with Crippen LogP contribution in [0.1, 0.15) is 39.5 Å². The van der Waals surface area contributed by atoms with E-state index in [1.807, 2.05) is 0 Å². The second kappa shape index (κ2) is 6.24. The van der Waals surface area contributed by atoms with Crippen LogP contribution < -0.4 is 0 Å². The van der Waals surface area contributed by atoms with E-state index in [0.29, 0.717) is 17.9 Å². The number of nitrogens with zero attached hydrogens (tertiary/aromatic N) is 2. The molecule has 0 spiro atoms. The third-order valence-electron chi connectivity index (χ3n) is 3.62. The first kappa shape index (κ1) is 13.5. The van der Waals surface area contributed by atoms with Crippen LogP contribution in [0.15, 0.2) is 0 Å². The number of carbonyl (C=O) groups excluding carboxylic acids is 1. The van der Waals surface area contributed by atoms with E-state index in [2.05, 4.69) is 37.7 Å². The highest BCUT2D eigenvalue weighted by molar-refractivity contribution is 5.76. The summed E-state index contributed by atoms with van der Waals surface area (Å²) in [5.41, 5.74) is 0. The van der Waals surface area contributed by atoms with Crippen molar-refractivity contribution in [3.8, 4) is 0 Å². The molecular weight excluding hydrogens is 200 g/mol. The minimum atomic E-state index is 0.353. The molecule has 2 unspecified atom stereocenters. The van der Waals surface area contributed by atoms with E-state index in [1.54, 1.807) is 0 Å². The highest BCUT2D eigenvalue weighted by Crippen LogP contribution is 2.21. The molecule has 0 saturated carbocycles. The number of likely N-dealkylation sites (tertiary alicyclic amines) is 1. The Kier molecular flexibility index (Phi) is 5.26. The molecule has 0 N–H and O–H groups in total. The van der Waals surface area contributed by atoms with E-state index in [-0.39, 0.29) is 0 Å². The molecular formula is C13H26N2O. The standard InChI is InChI=1S/C13H26N2O/c1-5-6-7-13(16)15-9-8-12(14(3)4)11(2)10-15/h11-12H,5-10H2,1-4H3. The molecule has 1 fully saturated rings. The Hall–Kier alpha value is -0.570. The van der Waals surface area contributed by atoms with Crippen molar-refractivity contribution >= 4 is 5.91 Å². The molecule has 1 saturated heterocycles. The lowest BCUT2D eigenvalue weighted by Gasteiger charge is -2.40. The largest absolute Gasteiger partial charge is 0.342 e. The topological polar surface area (TPSA) is 23.6 Å². The lowest BCUT2D eigenvalue weighted by Crippen LogP contribution is -2.49. The Bertz CT molecular complexity index is 228. The summed E-state index contributed by atoms with van der Waals surface area (Å²) >= 11 is 0. The highest BCUT2D eigenvalue weighted by Gasteiger charge is 2.29. The van der Waals surface area contributed by atoms with Crippen LogP contribution in [0.3, 0.4) is 0 Å². The molecule has 0 bridgehead atoms. The van der Waals surface area contributed by atoms with Crippen LogP contribution in [0.25, 0.3) is 0 Å². The highest BCUT2D eigenvalue weighted by atomic mass is 16.2. The van der Waals surface area contributed by atoms with Crippen molar-refractivity contribution in [2.75, 3.05) is 27.2 Å². The van der Waals surface area contributed by atoms with Gasteiger partial charge in [0.2, 0.25) is 5.91 Å². The summed E-state index contributed by atoms with van der Waals surface area (Å²) < 4.78 is 0. The Balaban J connectivity index is 2.41. The Morgan fingerprint density at radius 2 is 2.12 bits per heavy atom. The summed E-state index contributed by atoms with van der Waals surface area (Å²) in [7, 11) is 4.27. The van der Waals surface area contributed by atoms with Gasteiger partial charge in [0.15, 0.2) is 0 Å². The molecule has 1 heterocycles. The molecule has 0 aromatic rings. The van der Waals surface area contributed by atoms with Gasteiger partial charge < -0.3 is 9.80 Å². The number of hydrogen-bond donors (Lipinski definition) is 0. The van der Waals surface area contributed by atoms with Gasteiger partial charge in [0, 0.05) is 25.6 Å². The fourth-order valence-corrected chi connectivity index (χ4v) is 2.61. The van der Waals surface area contributed by atoms with Crippen molar-refractivity contribution in [2.24, 2.45) is 5.92 Å². The summed E-state index contributed by atoms with van der Waals surface area (Å²) in [5, 5.41) is 0. The predicted molar refractivity (Wildman–Crippen MR) is 67.4 cm³/mol. The molecule has 0 aromatic heterocycles. The fourth-order valence-electron chi connectivity index (χ4n) is 2.61. The van der Waals surface area contributed by atoms with E-state index in [4.69, 9.17) is 0 Å². The molecule has 2 atom stereocenters. The second-order valence-electron chi connectivity index (χ2n) is 5.24. The maximum atomic E-state index is 11.9. The van der Waals surface area contributed by atoms with Gasteiger partial charge in [-0.1, -0.05) is 20.3 Å². The molecule has 3 nitrogen and oxygen atoms in total. The molecule has 0 aliphatic carbocycles. The zero-order valence-corrected chi connectivity index (χ0v) is 11.2. The van der Waals surface area contributed by atoms with Gasteiger partial charge in [-0.3, -0.25) is 4.79 Å². The number of amides is 1. The minimum absolute atomic E-state index is 0.353. The predicted octanol–water partition coefficient (Wildman–Crippen LogP) is 1.98. The van der Waals surface area contributed by atoms with Gasteiger partial charge in [0.25, 0.3) is 0 Å². The lowest BCUT2D eigenvalue weighted by atomic mass is 9.92. The van der Waals surface area contributed by atoms with E-state index < -0.39 is 0 Å². The molecule has 1 rings (SSSR count). The number of unbranched alkanes of at least 4 members (excludes halogenated alkanes) is 1. The zero-order chi connectivity index (χ0) is 12.1. The Labute approximate surface area is 99.8 Å².